The summed E-state index contributed by atoms with van der Waals surface area (Å²) in [5, 5.41) is 0. The Bertz CT molecular complexity index is 748. The second-order valence-electron chi connectivity index (χ2n) is 4.76. The van der Waals surface area contributed by atoms with E-state index < -0.39 is 11.4 Å². The van der Waals surface area contributed by atoms with Gasteiger partial charge in [0.2, 0.25) is 0 Å². The molecule has 0 radical (unpaired) electrons. The number of Topliss-reactive ketones (excluding diaryl/α,β-unsaturated/α-hetero) is 2. The first-order chi connectivity index (χ1) is 9.91. The van der Waals surface area contributed by atoms with Crippen LogP contribution < -0.4 is 11.4 Å². The second-order valence-corrected chi connectivity index (χ2v) is 4.76. The van der Waals surface area contributed by atoms with Crippen LogP contribution in [0.15, 0.2) is 39.9 Å². The van der Waals surface area contributed by atoms with Crippen molar-refractivity contribution in [2.75, 3.05) is 0 Å². The molecule has 21 heavy (non-hydrogen) atoms. The number of hydrogen-bond donors (Lipinski definition) is 0. The molecular weight excluding hydrogens is 274 g/mol. The van der Waals surface area contributed by atoms with E-state index in [2.05, 4.69) is 0 Å². The molecule has 0 N–H and O–H groups in total. The van der Waals surface area contributed by atoms with Crippen LogP contribution in [-0.4, -0.2) is 25.5 Å². The lowest BCUT2D eigenvalue weighted by atomic mass is 10.3. The maximum Gasteiger partial charge on any atom is 0.352 e. The molecule has 110 valence electrons. The third-order valence-corrected chi connectivity index (χ3v) is 2.87. The molecule has 1 aromatic heterocycles. The fourth-order valence-electron chi connectivity index (χ4n) is 2.04. The van der Waals surface area contributed by atoms with Crippen LogP contribution in [0.2, 0.25) is 0 Å². The molecular formula is C14H15N3O4. The summed E-state index contributed by atoms with van der Waals surface area (Å²) in [4.78, 5) is 47.3. The Morgan fingerprint density at radius 2 is 1.29 bits per heavy atom. The van der Waals surface area contributed by atoms with Gasteiger partial charge in [-0.3, -0.25) is 9.59 Å². The number of benzene rings is 1. The van der Waals surface area contributed by atoms with Crippen molar-refractivity contribution in [3.63, 3.8) is 0 Å². The van der Waals surface area contributed by atoms with Crippen LogP contribution in [0.1, 0.15) is 13.8 Å². The van der Waals surface area contributed by atoms with Gasteiger partial charge in [0, 0.05) is 0 Å². The summed E-state index contributed by atoms with van der Waals surface area (Å²) in [6.07, 6.45) is 0. The molecule has 0 fully saturated rings. The summed E-state index contributed by atoms with van der Waals surface area (Å²) < 4.78 is 2.95. The third-order valence-electron chi connectivity index (χ3n) is 2.87. The van der Waals surface area contributed by atoms with E-state index in [1.807, 2.05) is 0 Å². The minimum Gasteiger partial charge on any atom is -0.298 e. The van der Waals surface area contributed by atoms with Crippen LogP contribution in [0.5, 0.6) is 0 Å². The third kappa shape index (κ3) is 2.91. The summed E-state index contributed by atoms with van der Waals surface area (Å²) >= 11 is 0. The molecule has 0 spiro atoms. The Kier molecular flexibility index (Phi) is 4.02. The fraction of sp³-hybridized carbons (Fsp3) is 0.286. The summed E-state index contributed by atoms with van der Waals surface area (Å²) in [5.74, 6) is -0.556. The first-order valence-electron chi connectivity index (χ1n) is 6.38. The highest BCUT2D eigenvalue weighted by Crippen LogP contribution is 2.01. The van der Waals surface area contributed by atoms with Crippen molar-refractivity contribution >= 4 is 11.6 Å². The van der Waals surface area contributed by atoms with Crippen LogP contribution >= 0.6 is 0 Å². The lowest BCUT2D eigenvalue weighted by Crippen LogP contribution is -2.31. The molecule has 0 unspecified atom stereocenters. The fourth-order valence-corrected chi connectivity index (χ4v) is 2.04. The smallest absolute Gasteiger partial charge is 0.298 e. The van der Waals surface area contributed by atoms with E-state index in [1.165, 1.54) is 13.8 Å². The lowest BCUT2D eigenvalue weighted by molar-refractivity contribution is -0.120. The zero-order valence-electron chi connectivity index (χ0n) is 11.8. The topological polar surface area (TPSA) is 83.1 Å². The highest BCUT2D eigenvalue weighted by Gasteiger charge is 2.18. The van der Waals surface area contributed by atoms with Crippen molar-refractivity contribution < 1.29 is 9.59 Å². The van der Waals surface area contributed by atoms with E-state index in [1.54, 1.807) is 30.3 Å². The normalized spacial score (nSPS) is 10.6. The van der Waals surface area contributed by atoms with Crippen LogP contribution in [-0.2, 0) is 22.7 Å². The van der Waals surface area contributed by atoms with Gasteiger partial charge in [0.1, 0.15) is 13.1 Å². The van der Waals surface area contributed by atoms with Gasteiger partial charge in [0.05, 0.1) is 5.69 Å². The van der Waals surface area contributed by atoms with Crippen molar-refractivity contribution in [3.05, 3.63) is 51.3 Å². The molecule has 7 nitrogen and oxygen atoms in total. The Balaban J connectivity index is 2.71. The molecule has 2 aromatic rings. The summed E-state index contributed by atoms with van der Waals surface area (Å²) in [7, 11) is 0. The molecule has 1 aromatic carbocycles. The number of hydrogen-bond acceptors (Lipinski definition) is 4. The van der Waals surface area contributed by atoms with E-state index in [0.717, 1.165) is 13.9 Å². The van der Waals surface area contributed by atoms with Crippen molar-refractivity contribution in [3.8, 4) is 5.69 Å². The molecule has 0 aliphatic rings. The molecule has 0 aliphatic carbocycles. The average Bonchev–Trinajstić information content (AvgIpc) is 2.63. The van der Waals surface area contributed by atoms with Crippen LogP contribution in [0.4, 0.5) is 0 Å². The zero-order valence-corrected chi connectivity index (χ0v) is 11.8. The van der Waals surface area contributed by atoms with Gasteiger partial charge >= 0.3 is 11.4 Å². The van der Waals surface area contributed by atoms with Gasteiger partial charge in [-0.2, -0.15) is 0 Å². The molecule has 2 rings (SSSR count). The predicted octanol–water partition coefficient (Wildman–Crippen LogP) is -0.0213. The van der Waals surface area contributed by atoms with Gasteiger partial charge < -0.3 is 0 Å². The molecule has 0 aliphatic heterocycles. The number of ketones is 2. The number of aromatic nitrogens is 3. The Morgan fingerprint density at radius 3 is 1.67 bits per heavy atom. The summed E-state index contributed by atoms with van der Waals surface area (Å²) in [6, 6.07) is 8.37. The van der Waals surface area contributed by atoms with Gasteiger partial charge in [-0.1, -0.05) is 18.2 Å². The minimum atomic E-state index is -0.636. The van der Waals surface area contributed by atoms with Crippen LogP contribution in [0, 0.1) is 0 Å². The predicted molar refractivity (Wildman–Crippen MR) is 75.7 cm³/mol. The number of rotatable bonds is 5. The number of para-hydroxylation sites is 1. The number of carbonyl (C=O) groups excluding carboxylic acids is 2. The van der Waals surface area contributed by atoms with E-state index in [9.17, 15) is 19.2 Å². The standard InChI is InChI=1S/C14H15N3O4/c1-10(18)8-15-13(20)17(12-6-4-3-5-7-12)14(21)16(15)9-11(2)19/h3-7H,8-9H2,1-2H3. The van der Waals surface area contributed by atoms with Crippen molar-refractivity contribution in [1.82, 2.24) is 13.9 Å². The lowest BCUT2D eigenvalue weighted by Gasteiger charge is -2.04. The average molecular weight is 289 g/mol. The monoisotopic (exact) mass is 289 g/mol. The first kappa shape index (κ1) is 14.7. The highest BCUT2D eigenvalue weighted by atomic mass is 16.2. The number of nitrogens with zero attached hydrogens (tertiary/aromatic N) is 3. The van der Waals surface area contributed by atoms with Crippen molar-refractivity contribution in [2.45, 2.75) is 26.9 Å². The van der Waals surface area contributed by atoms with Crippen molar-refractivity contribution in [2.24, 2.45) is 0 Å². The quantitative estimate of drug-likeness (QED) is 0.774. The Morgan fingerprint density at radius 1 is 0.857 bits per heavy atom. The maximum absolute atomic E-state index is 12.4. The van der Waals surface area contributed by atoms with Crippen LogP contribution in [0.25, 0.3) is 5.69 Å². The van der Waals surface area contributed by atoms with Gasteiger partial charge in [-0.15, -0.1) is 0 Å². The van der Waals surface area contributed by atoms with Gasteiger partial charge in [0.25, 0.3) is 0 Å². The van der Waals surface area contributed by atoms with Gasteiger partial charge in [-0.25, -0.2) is 23.5 Å². The summed E-state index contributed by atoms with van der Waals surface area (Å²) in [5.41, 5.74) is -0.877. The van der Waals surface area contributed by atoms with E-state index in [0.29, 0.717) is 5.69 Å². The molecule has 0 amide bonds. The van der Waals surface area contributed by atoms with Crippen LogP contribution in [0.3, 0.4) is 0 Å². The zero-order chi connectivity index (χ0) is 15.6. The SMILES string of the molecule is CC(=O)Cn1c(=O)n(-c2ccccc2)c(=O)n1CC(C)=O. The minimum absolute atomic E-state index is 0.249. The van der Waals surface area contributed by atoms with Gasteiger partial charge in [0.15, 0.2) is 11.6 Å². The summed E-state index contributed by atoms with van der Waals surface area (Å²) in [6.45, 7) is 2.13. The highest BCUT2D eigenvalue weighted by molar-refractivity contribution is 5.76. The molecule has 1 heterocycles. The molecule has 7 heteroatoms. The van der Waals surface area contributed by atoms with E-state index >= 15 is 0 Å². The van der Waals surface area contributed by atoms with E-state index in [4.69, 9.17) is 0 Å². The Labute approximate surface area is 120 Å². The first-order valence-corrected chi connectivity index (χ1v) is 6.38. The number of carbonyl (C=O) groups is 2. The molecule has 0 saturated heterocycles. The Hall–Kier alpha value is -2.70. The largest absolute Gasteiger partial charge is 0.352 e. The van der Waals surface area contributed by atoms with Crippen molar-refractivity contribution in [1.29, 1.82) is 0 Å². The second kappa shape index (κ2) is 5.74. The van der Waals surface area contributed by atoms with Gasteiger partial charge in [-0.05, 0) is 26.0 Å². The van der Waals surface area contributed by atoms with E-state index in [-0.39, 0.29) is 24.7 Å². The molecule has 0 saturated carbocycles. The maximum atomic E-state index is 12.4. The molecule has 0 bridgehead atoms. The molecule has 0 atom stereocenters.